The van der Waals surface area contributed by atoms with Crippen LogP contribution in [0.25, 0.3) is 5.69 Å². The fraction of sp³-hybridized carbons (Fsp3) is 0. The van der Waals surface area contributed by atoms with Crippen LogP contribution in [0.2, 0.25) is 5.02 Å². The highest BCUT2D eigenvalue weighted by atomic mass is 35.5. The number of benzene rings is 2. The summed E-state index contributed by atoms with van der Waals surface area (Å²) in [7, 11) is -3.78. The molecule has 0 bridgehead atoms. The number of hydrogen-bond acceptors (Lipinski definition) is 5. The van der Waals surface area contributed by atoms with Gasteiger partial charge in [-0.1, -0.05) is 11.6 Å². The Bertz CT molecular complexity index is 1010. The maximum atomic E-state index is 12.2. The van der Waals surface area contributed by atoms with Gasteiger partial charge in [0.2, 0.25) is 15.8 Å². The first-order chi connectivity index (χ1) is 11.8. The molecule has 0 spiro atoms. The molecule has 0 saturated carbocycles. The molecular formula is C15H12ClN5O3S. The van der Waals surface area contributed by atoms with Gasteiger partial charge >= 0.3 is 0 Å². The second-order valence-corrected chi connectivity index (χ2v) is 7.01. The Morgan fingerprint density at radius 2 is 1.72 bits per heavy atom. The summed E-state index contributed by atoms with van der Waals surface area (Å²) < 4.78 is 23.9. The van der Waals surface area contributed by atoms with Crippen molar-refractivity contribution in [3.63, 3.8) is 0 Å². The number of nitrogens with zero attached hydrogens (tertiary/aromatic N) is 3. The van der Waals surface area contributed by atoms with Crippen molar-refractivity contribution in [3.05, 3.63) is 65.7 Å². The number of primary sulfonamides is 1. The van der Waals surface area contributed by atoms with E-state index in [0.717, 1.165) is 0 Å². The third-order valence-electron chi connectivity index (χ3n) is 3.23. The molecule has 1 heterocycles. The van der Waals surface area contributed by atoms with Gasteiger partial charge in [0.15, 0.2) is 0 Å². The summed E-state index contributed by atoms with van der Waals surface area (Å²) in [6.07, 6.45) is 1.41. The number of sulfonamides is 1. The Hall–Kier alpha value is -2.75. The van der Waals surface area contributed by atoms with Crippen LogP contribution in [0.5, 0.6) is 0 Å². The monoisotopic (exact) mass is 377 g/mol. The van der Waals surface area contributed by atoms with Crippen LogP contribution in [0.4, 0.5) is 5.69 Å². The fourth-order valence-corrected chi connectivity index (χ4v) is 2.64. The first-order valence-corrected chi connectivity index (χ1v) is 8.87. The molecule has 10 heteroatoms. The number of halogens is 1. The molecule has 3 N–H and O–H groups in total. The van der Waals surface area contributed by atoms with Gasteiger partial charge in [-0.2, -0.15) is 0 Å². The number of nitrogens with one attached hydrogen (secondary N) is 1. The second kappa shape index (κ2) is 6.63. The maximum absolute atomic E-state index is 12.2. The molecule has 0 saturated heterocycles. The van der Waals surface area contributed by atoms with E-state index in [9.17, 15) is 13.2 Å². The minimum atomic E-state index is -3.78. The van der Waals surface area contributed by atoms with E-state index in [-0.39, 0.29) is 10.7 Å². The summed E-state index contributed by atoms with van der Waals surface area (Å²) in [4.78, 5) is 16.1. The van der Waals surface area contributed by atoms with E-state index >= 15 is 0 Å². The third-order valence-corrected chi connectivity index (χ3v) is 4.41. The van der Waals surface area contributed by atoms with Crippen LogP contribution in [-0.4, -0.2) is 29.1 Å². The quantitative estimate of drug-likeness (QED) is 0.718. The van der Waals surface area contributed by atoms with Crippen LogP contribution >= 0.6 is 11.6 Å². The van der Waals surface area contributed by atoms with Crippen LogP contribution in [0.1, 0.15) is 10.6 Å². The smallest absolute Gasteiger partial charge is 0.295 e. The van der Waals surface area contributed by atoms with Gasteiger partial charge in [-0.05, 0) is 48.5 Å². The standard InChI is InChI=1S/C15H12ClN5O3S/c16-10-1-5-12(6-2-10)21-9-18-14(20-21)15(22)19-11-3-7-13(8-4-11)25(17,23)24/h1-9H,(H,19,22)(H2,17,23,24). The lowest BCUT2D eigenvalue weighted by Crippen LogP contribution is -2.15. The van der Waals surface area contributed by atoms with Gasteiger partial charge in [0.1, 0.15) is 6.33 Å². The number of carbonyl (C=O) groups is 1. The first-order valence-electron chi connectivity index (χ1n) is 6.95. The SMILES string of the molecule is NS(=O)(=O)c1ccc(NC(=O)c2ncn(-c3ccc(Cl)cc3)n2)cc1. The number of anilines is 1. The number of aromatic nitrogens is 3. The lowest BCUT2D eigenvalue weighted by atomic mass is 10.3. The number of rotatable bonds is 4. The van der Waals surface area contributed by atoms with Crippen molar-refractivity contribution in [2.24, 2.45) is 5.14 Å². The number of carbonyl (C=O) groups excluding carboxylic acids is 1. The normalized spacial score (nSPS) is 11.3. The lowest BCUT2D eigenvalue weighted by molar-refractivity contribution is 0.101. The summed E-state index contributed by atoms with van der Waals surface area (Å²) in [5, 5.41) is 12.3. The molecule has 0 aliphatic rings. The summed E-state index contributed by atoms with van der Waals surface area (Å²) in [5.41, 5.74) is 1.09. The van der Waals surface area contributed by atoms with Crippen molar-refractivity contribution in [2.45, 2.75) is 4.90 Å². The molecule has 0 unspecified atom stereocenters. The molecule has 1 amide bonds. The van der Waals surface area contributed by atoms with Gasteiger partial charge in [0, 0.05) is 10.7 Å². The van der Waals surface area contributed by atoms with E-state index < -0.39 is 15.9 Å². The van der Waals surface area contributed by atoms with Gasteiger partial charge in [-0.15, -0.1) is 5.10 Å². The molecular weight excluding hydrogens is 366 g/mol. The number of nitrogens with two attached hydrogens (primary N) is 1. The van der Waals surface area contributed by atoms with E-state index in [1.54, 1.807) is 24.3 Å². The highest BCUT2D eigenvalue weighted by Gasteiger charge is 2.13. The van der Waals surface area contributed by atoms with Crippen LogP contribution in [0.15, 0.2) is 59.8 Å². The predicted octanol–water partition coefficient (Wildman–Crippen LogP) is 1.82. The molecule has 3 rings (SSSR count). The van der Waals surface area contributed by atoms with Gasteiger partial charge in [0.25, 0.3) is 5.91 Å². The molecule has 0 atom stereocenters. The highest BCUT2D eigenvalue weighted by Crippen LogP contribution is 2.14. The minimum Gasteiger partial charge on any atom is -0.319 e. The van der Waals surface area contributed by atoms with Crippen molar-refractivity contribution < 1.29 is 13.2 Å². The third kappa shape index (κ3) is 4.02. The minimum absolute atomic E-state index is 0.0366. The van der Waals surface area contributed by atoms with Gasteiger partial charge < -0.3 is 5.32 Å². The Balaban J connectivity index is 1.75. The van der Waals surface area contributed by atoms with E-state index in [0.29, 0.717) is 16.4 Å². The van der Waals surface area contributed by atoms with Crippen molar-refractivity contribution in [1.29, 1.82) is 0 Å². The van der Waals surface area contributed by atoms with E-state index in [4.69, 9.17) is 16.7 Å². The molecule has 128 valence electrons. The Labute approximate surface area is 148 Å². The average Bonchev–Trinajstić information content (AvgIpc) is 3.05. The Morgan fingerprint density at radius 3 is 2.32 bits per heavy atom. The topological polar surface area (TPSA) is 120 Å². The predicted molar refractivity (Wildman–Crippen MR) is 92.1 cm³/mol. The van der Waals surface area contributed by atoms with Gasteiger partial charge in [0.05, 0.1) is 10.6 Å². The Morgan fingerprint density at radius 1 is 1.08 bits per heavy atom. The summed E-state index contributed by atoms with van der Waals surface area (Å²) in [6.45, 7) is 0. The van der Waals surface area contributed by atoms with Crippen molar-refractivity contribution in [1.82, 2.24) is 14.8 Å². The Kier molecular flexibility index (Phi) is 4.53. The largest absolute Gasteiger partial charge is 0.319 e. The molecule has 3 aromatic rings. The molecule has 0 fully saturated rings. The second-order valence-electron chi connectivity index (χ2n) is 5.01. The van der Waals surface area contributed by atoms with Crippen LogP contribution < -0.4 is 10.5 Å². The molecule has 0 radical (unpaired) electrons. The highest BCUT2D eigenvalue weighted by molar-refractivity contribution is 7.89. The zero-order valence-electron chi connectivity index (χ0n) is 12.6. The number of hydrogen-bond donors (Lipinski definition) is 2. The number of amides is 1. The van der Waals surface area contributed by atoms with E-state index in [1.807, 2.05) is 0 Å². The lowest BCUT2D eigenvalue weighted by Gasteiger charge is -2.04. The van der Waals surface area contributed by atoms with Crippen molar-refractivity contribution in [3.8, 4) is 5.69 Å². The van der Waals surface area contributed by atoms with Crippen LogP contribution in [0.3, 0.4) is 0 Å². The first kappa shape index (κ1) is 17.1. The van der Waals surface area contributed by atoms with Crippen LogP contribution in [0, 0.1) is 0 Å². The zero-order valence-corrected chi connectivity index (χ0v) is 14.2. The molecule has 2 aromatic carbocycles. The van der Waals surface area contributed by atoms with Crippen LogP contribution in [-0.2, 0) is 10.0 Å². The molecule has 25 heavy (non-hydrogen) atoms. The molecule has 8 nitrogen and oxygen atoms in total. The summed E-state index contributed by atoms with van der Waals surface area (Å²) in [5.74, 6) is -0.568. The van der Waals surface area contributed by atoms with E-state index in [2.05, 4.69) is 15.4 Å². The molecule has 1 aromatic heterocycles. The zero-order chi connectivity index (χ0) is 18.0. The van der Waals surface area contributed by atoms with Gasteiger partial charge in [-0.3, -0.25) is 4.79 Å². The van der Waals surface area contributed by atoms with Gasteiger partial charge in [-0.25, -0.2) is 23.2 Å². The average molecular weight is 378 g/mol. The van der Waals surface area contributed by atoms with Crippen molar-refractivity contribution >= 4 is 33.2 Å². The summed E-state index contributed by atoms with van der Waals surface area (Å²) >= 11 is 5.83. The maximum Gasteiger partial charge on any atom is 0.295 e. The molecule has 0 aliphatic heterocycles. The summed E-state index contributed by atoms with van der Waals surface area (Å²) in [6, 6.07) is 12.3. The van der Waals surface area contributed by atoms with E-state index in [1.165, 1.54) is 35.3 Å². The fourth-order valence-electron chi connectivity index (χ4n) is 2.00. The molecule has 0 aliphatic carbocycles. The van der Waals surface area contributed by atoms with Crippen molar-refractivity contribution in [2.75, 3.05) is 5.32 Å².